The number of piperidine rings is 1. The SMILES string of the molecule is O=C(Nc1sccc1C(=O)N1CCC(N2CCCC2=O)CC1)c1ccc2c(c1)CCC2. The zero-order valence-corrected chi connectivity index (χ0v) is 18.4. The lowest BCUT2D eigenvalue weighted by atomic mass is 10.0. The first kappa shape index (κ1) is 20.2. The zero-order valence-electron chi connectivity index (χ0n) is 17.6. The minimum absolute atomic E-state index is 0.0447. The minimum Gasteiger partial charge on any atom is -0.340 e. The Bertz CT molecular complexity index is 1020. The zero-order chi connectivity index (χ0) is 21.4. The topological polar surface area (TPSA) is 69.7 Å². The molecule has 162 valence electrons. The number of nitrogens with one attached hydrogen (secondary N) is 1. The summed E-state index contributed by atoms with van der Waals surface area (Å²) in [6.45, 7) is 2.13. The maximum atomic E-state index is 13.1. The number of rotatable bonds is 4. The fourth-order valence-electron chi connectivity index (χ4n) is 5.07. The van der Waals surface area contributed by atoms with Crippen LogP contribution in [0.4, 0.5) is 5.00 Å². The summed E-state index contributed by atoms with van der Waals surface area (Å²) < 4.78 is 0. The van der Waals surface area contributed by atoms with Gasteiger partial charge in [0.25, 0.3) is 11.8 Å². The summed E-state index contributed by atoms with van der Waals surface area (Å²) in [7, 11) is 0. The first-order chi connectivity index (χ1) is 15.1. The summed E-state index contributed by atoms with van der Waals surface area (Å²) in [4.78, 5) is 41.8. The van der Waals surface area contributed by atoms with Crippen molar-refractivity contribution in [3.05, 3.63) is 51.9 Å². The number of carbonyl (C=O) groups excluding carboxylic acids is 3. The van der Waals surface area contributed by atoms with Crippen molar-refractivity contribution in [2.24, 2.45) is 0 Å². The molecule has 3 aliphatic rings. The highest BCUT2D eigenvalue weighted by molar-refractivity contribution is 7.14. The Morgan fingerprint density at radius 2 is 1.77 bits per heavy atom. The Morgan fingerprint density at radius 3 is 2.55 bits per heavy atom. The Kier molecular flexibility index (Phi) is 5.52. The quantitative estimate of drug-likeness (QED) is 0.793. The molecule has 0 spiro atoms. The average Bonchev–Trinajstić information content (AvgIpc) is 3.53. The van der Waals surface area contributed by atoms with Crippen LogP contribution in [0, 0.1) is 0 Å². The van der Waals surface area contributed by atoms with Crippen LogP contribution in [0.1, 0.15) is 63.9 Å². The van der Waals surface area contributed by atoms with Crippen molar-refractivity contribution >= 4 is 34.1 Å². The van der Waals surface area contributed by atoms with Crippen molar-refractivity contribution in [2.75, 3.05) is 25.0 Å². The van der Waals surface area contributed by atoms with E-state index in [4.69, 9.17) is 0 Å². The third kappa shape index (κ3) is 3.99. The summed E-state index contributed by atoms with van der Waals surface area (Å²) in [5.74, 6) is 0.0355. The lowest BCUT2D eigenvalue weighted by Gasteiger charge is -2.36. The molecule has 0 bridgehead atoms. The Labute approximate surface area is 186 Å². The van der Waals surface area contributed by atoms with Gasteiger partial charge in [0.1, 0.15) is 5.00 Å². The second-order valence-electron chi connectivity index (χ2n) is 8.67. The average molecular weight is 438 g/mol. The molecule has 2 saturated heterocycles. The number of amides is 3. The van der Waals surface area contributed by atoms with Crippen LogP contribution in [0.15, 0.2) is 29.6 Å². The van der Waals surface area contributed by atoms with E-state index < -0.39 is 0 Å². The highest BCUT2D eigenvalue weighted by Gasteiger charge is 2.32. The second kappa shape index (κ2) is 8.46. The minimum atomic E-state index is -0.169. The van der Waals surface area contributed by atoms with Crippen molar-refractivity contribution in [2.45, 2.75) is 51.0 Å². The highest BCUT2D eigenvalue weighted by atomic mass is 32.1. The monoisotopic (exact) mass is 437 g/mol. The Morgan fingerprint density at radius 1 is 0.968 bits per heavy atom. The fraction of sp³-hybridized carbons (Fsp3) is 0.458. The molecular weight excluding hydrogens is 410 g/mol. The number of fused-ring (bicyclic) bond motifs is 1. The van der Waals surface area contributed by atoms with Gasteiger partial charge in [0, 0.05) is 37.7 Å². The van der Waals surface area contributed by atoms with Crippen LogP contribution in [0.25, 0.3) is 0 Å². The molecule has 6 nitrogen and oxygen atoms in total. The van der Waals surface area contributed by atoms with E-state index >= 15 is 0 Å². The van der Waals surface area contributed by atoms with Crippen LogP contribution in [-0.4, -0.2) is 53.2 Å². The Balaban J connectivity index is 1.23. The molecule has 1 N–H and O–H groups in total. The maximum Gasteiger partial charge on any atom is 0.256 e. The third-order valence-corrected chi connectivity index (χ3v) is 7.62. The number of carbonyl (C=O) groups is 3. The van der Waals surface area contributed by atoms with Crippen molar-refractivity contribution in [1.29, 1.82) is 0 Å². The van der Waals surface area contributed by atoms with Crippen molar-refractivity contribution in [3.63, 3.8) is 0 Å². The molecule has 2 aliphatic heterocycles. The van der Waals surface area contributed by atoms with E-state index in [1.807, 2.05) is 33.4 Å². The molecule has 7 heteroatoms. The molecule has 0 saturated carbocycles. The smallest absolute Gasteiger partial charge is 0.256 e. The number of likely N-dealkylation sites (tertiary alicyclic amines) is 2. The van der Waals surface area contributed by atoms with E-state index in [2.05, 4.69) is 5.32 Å². The number of benzene rings is 1. The number of nitrogens with zero attached hydrogens (tertiary/aromatic N) is 2. The van der Waals surface area contributed by atoms with Crippen molar-refractivity contribution in [1.82, 2.24) is 9.80 Å². The molecule has 0 atom stereocenters. The molecule has 0 unspecified atom stereocenters. The molecule has 1 aromatic carbocycles. The largest absolute Gasteiger partial charge is 0.340 e. The van der Waals surface area contributed by atoms with Gasteiger partial charge in [0.2, 0.25) is 5.91 Å². The molecule has 0 radical (unpaired) electrons. The number of hydrogen-bond donors (Lipinski definition) is 1. The van der Waals surface area contributed by atoms with E-state index in [-0.39, 0.29) is 23.8 Å². The Hall–Kier alpha value is -2.67. The molecule has 2 fully saturated rings. The van der Waals surface area contributed by atoms with Gasteiger partial charge in [-0.05, 0) is 73.2 Å². The van der Waals surface area contributed by atoms with E-state index in [9.17, 15) is 14.4 Å². The van der Waals surface area contributed by atoms with E-state index in [1.165, 1.54) is 22.5 Å². The second-order valence-corrected chi connectivity index (χ2v) is 9.58. The van der Waals surface area contributed by atoms with Gasteiger partial charge in [0.05, 0.1) is 5.56 Å². The summed E-state index contributed by atoms with van der Waals surface area (Å²) in [5.41, 5.74) is 3.79. The third-order valence-electron chi connectivity index (χ3n) is 6.79. The molecule has 3 amide bonds. The van der Waals surface area contributed by atoms with E-state index in [0.29, 0.717) is 35.6 Å². The summed E-state index contributed by atoms with van der Waals surface area (Å²) in [5, 5.41) is 5.41. The number of thiophene rings is 1. The molecule has 3 heterocycles. The van der Waals surface area contributed by atoms with E-state index in [0.717, 1.165) is 45.1 Å². The van der Waals surface area contributed by atoms with Crippen LogP contribution in [0.2, 0.25) is 0 Å². The molecule has 1 aromatic heterocycles. The number of anilines is 1. The normalized spacial score (nSPS) is 19.0. The van der Waals surface area contributed by atoms with Crippen LogP contribution in [0.3, 0.4) is 0 Å². The maximum absolute atomic E-state index is 13.1. The summed E-state index contributed by atoms with van der Waals surface area (Å²) in [6.07, 6.45) is 6.49. The van der Waals surface area contributed by atoms with Gasteiger partial charge in [-0.3, -0.25) is 14.4 Å². The summed E-state index contributed by atoms with van der Waals surface area (Å²) in [6, 6.07) is 7.95. The first-order valence-corrected chi connectivity index (χ1v) is 12.1. The van der Waals surface area contributed by atoms with Gasteiger partial charge in [-0.1, -0.05) is 6.07 Å². The van der Waals surface area contributed by atoms with Crippen LogP contribution in [-0.2, 0) is 17.6 Å². The van der Waals surface area contributed by atoms with Crippen molar-refractivity contribution < 1.29 is 14.4 Å². The first-order valence-electron chi connectivity index (χ1n) is 11.2. The number of hydrogen-bond acceptors (Lipinski definition) is 4. The van der Waals surface area contributed by atoms with Crippen molar-refractivity contribution in [3.8, 4) is 0 Å². The lowest BCUT2D eigenvalue weighted by molar-refractivity contribution is -0.130. The van der Waals surface area contributed by atoms with Crippen LogP contribution < -0.4 is 5.32 Å². The molecule has 1 aliphatic carbocycles. The number of aryl methyl sites for hydroxylation is 2. The molecular formula is C24H27N3O3S. The fourth-order valence-corrected chi connectivity index (χ4v) is 5.84. The molecule has 2 aromatic rings. The predicted molar refractivity (Wildman–Crippen MR) is 121 cm³/mol. The van der Waals surface area contributed by atoms with Gasteiger partial charge in [-0.25, -0.2) is 0 Å². The van der Waals surface area contributed by atoms with E-state index in [1.54, 1.807) is 6.07 Å². The van der Waals surface area contributed by atoms with Crippen LogP contribution >= 0.6 is 11.3 Å². The standard InChI is InChI=1S/C24H27N3O3S/c28-21-5-2-11-27(21)19-8-12-26(13-9-19)24(30)20-10-14-31-23(20)25-22(29)18-7-6-16-3-1-4-17(16)15-18/h6-7,10,14-15,19H,1-5,8-9,11-13H2,(H,25,29). The molecule has 31 heavy (non-hydrogen) atoms. The van der Waals surface area contributed by atoms with Gasteiger partial charge in [-0.2, -0.15) is 0 Å². The van der Waals surface area contributed by atoms with Gasteiger partial charge in [0.15, 0.2) is 0 Å². The van der Waals surface area contributed by atoms with Gasteiger partial charge in [-0.15, -0.1) is 11.3 Å². The highest BCUT2D eigenvalue weighted by Crippen LogP contribution is 2.29. The summed E-state index contributed by atoms with van der Waals surface area (Å²) >= 11 is 1.38. The van der Waals surface area contributed by atoms with Gasteiger partial charge >= 0.3 is 0 Å². The van der Waals surface area contributed by atoms with Gasteiger partial charge < -0.3 is 15.1 Å². The van der Waals surface area contributed by atoms with Crippen LogP contribution in [0.5, 0.6) is 0 Å². The lowest BCUT2D eigenvalue weighted by Crippen LogP contribution is -2.47. The predicted octanol–water partition coefficient (Wildman–Crippen LogP) is 3.72. The molecule has 5 rings (SSSR count).